The molecular formula is C14H15F6N. The van der Waals surface area contributed by atoms with Gasteiger partial charge in [0.15, 0.2) is 17.5 Å². The smallest absolute Gasteiger partial charge is 0.309 e. The van der Waals surface area contributed by atoms with Gasteiger partial charge >= 0.3 is 6.18 Å². The monoisotopic (exact) mass is 311 g/mol. The second kappa shape index (κ2) is 6.25. The molecule has 2 rings (SSSR count). The van der Waals surface area contributed by atoms with Crippen molar-refractivity contribution in [3.63, 3.8) is 0 Å². The van der Waals surface area contributed by atoms with E-state index >= 15 is 0 Å². The van der Waals surface area contributed by atoms with E-state index in [0.29, 0.717) is 19.3 Å². The third kappa shape index (κ3) is 3.90. The first kappa shape index (κ1) is 16.1. The molecule has 0 radical (unpaired) electrons. The first-order valence-electron chi connectivity index (χ1n) is 6.72. The van der Waals surface area contributed by atoms with Crippen LogP contribution in [-0.2, 0) is 6.54 Å². The molecule has 0 spiro atoms. The van der Waals surface area contributed by atoms with Crippen LogP contribution in [0, 0.1) is 23.4 Å². The average Bonchev–Trinajstić information content (AvgIpc) is 2.41. The van der Waals surface area contributed by atoms with Crippen molar-refractivity contribution in [3.8, 4) is 0 Å². The van der Waals surface area contributed by atoms with Crippen LogP contribution in [0.1, 0.15) is 31.2 Å². The number of nitrogens with one attached hydrogen (secondary N) is 1. The number of halogens is 6. The van der Waals surface area contributed by atoms with E-state index in [9.17, 15) is 26.3 Å². The maximum Gasteiger partial charge on any atom is 0.393 e. The van der Waals surface area contributed by atoms with Crippen LogP contribution in [0.5, 0.6) is 0 Å². The number of benzene rings is 1. The first-order valence-corrected chi connectivity index (χ1v) is 6.72. The molecule has 1 aliphatic rings. The van der Waals surface area contributed by atoms with Gasteiger partial charge in [-0.05, 0) is 30.5 Å². The van der Waals surface area contributed by atoms with Gasteiger partial charge in [0.2, 0.25) is 0 Å². The van der Waals surface area contributed by atoms with Gasteiger partial charge in [-0.2, -0.15) is 13.2 Å². The lowest BCUT2D eigenvalue weighted by Gasteiger charge is -2.33. The quantitative estimate of drug-likeness (QED) is 0.648. The van der Waals surface area contributed by atoms with Crippen molar-refractivity contribution in [2.75, 3.05) is 0 Å². The van der Waals surface area contributed by atoms with Crippen molar-refractivity contribution in [3.05, 3.63) is 35.1 Å². The molecule has 2 atom stereocenters. The lowest BCUT2D eigenvalue weighted by molar-refractivity contribution is -0.189. The molecule has 1 fully saturated rings. The van der Waals surface area contributed by atoms with Crippen LogP contribution in [0.2, 0.25) is 0 Å². The van der Waals surface area contributed by atoms with Gasteiger partial charge in [-0.1, -0.05) is 12.8 Å². The Kier molecular flexibility index (Phi) is 4.81. The number of rotatable bonds is 3. The van der Waals surface area contributed by atoms with Crippen LogP contribution in [-0.4, -0.2) is 12.2 Å². The van der Waals surface area contributed by atoms with Crippen molar-refractivity contribution in [1.82, 2.24) is 5.32 Å². The van der Waals surface area contributed by atoms with E-state index in [0.717, 1.165) is 12.1 Å². The molecule has 1 aromatic rings. The molecule has 7 heteroatoms. The Balaban J connectivity index is 2.04. The number of alkyl halides is 3. The fourth-order valence-electron chi connectivity index (χ4n) is 2.73. The zero-order valence-electron chi connectivity index (χ0n) is 11.1. The summed E-state index contributed by atoms with van der Waals surface area (Å²) in [7, 11) is 0. The summed E-state index contributed by atoms with van der Waals surface area (Å²) in [5.74, 6) is -5.73. The summed E-state index contributed by atoms with van der Waals surface area (Å²) >= 11 is 0. The van der Waals surface area contributed by atoms with Crippen molar-refractivity contribution in [2.24, 2.45) is 5.92 Å². The second-order valence-electron chi connectivity index (χ2n) is 5.29. The van der Waals surface area contributed by atoms with Crippen LogP contribution < -0.4 is 5.32 Å². The SMILES string of the molecule is Fc1cc(CNC2CCCCC2C(F)(F)F)cc(F)c1F. The van der Waals surface area contributed by atoms with E-state index in [2.05, 4.69) is 5.32 Å². The lowest BCUT2D eigenvalue weighted by atomic mass is 9.84. The van der Waals surface area contributed by atoms with E-state index in [-0.39, 0.29) is 18.5 Å². The largest absolute Gasteiger partial charge is 0.393 e. The van der Waals surface area contributed by atoms with Crippen molar-refractivity contribution in [2.45, 2.75) is 44.4 Å². The van der Waals surface area contributed by atoms with Crippen LogP contribution in [0.4, 0.5) is 26.3 Å². The average molecular weight is 311 g/mol. The molecule has 2 unspecified atom stereocenters. The molecule has 0 amide bonds. The Hall–Kier alpha value is -1.24. The molecule has 0 aromatic heterocycles. The van der Waals surface area contributed by atoms with E-state index < -0.39 is 35.6 Å². The van der Waals surface area contributed by atoms with Crippen molar-refractivity contribution in [1.29, 1.82) is 0 Å². The normalized spacial score (nSPS) is 23.3. The van der Waals surface area contributed by atoms with Gasteiger partial charge in [0.1, 0.15) is 0 Å². The van der Waals surface area contributed by atoms with Crippen LogP contribution in [0.3, 0.4) is 0 Å². The van der Waals surface area contributed by atoms with Crippen molar-refractivity contribution >= 4 is 0 Å². The molecule has 1 N–H and O–H groups in total. The number of hydrogen-bond acceptors (Lipinski definition) is 1. The van der Waals surface area contributed by atoms with Crippen molar-refractivity contribution < 1.29 is 26.3 Å². The van der Waals surface area contributed by atoms with Gasteiger partial charge in [0.05, 0.1) is 5.92 Å². The molecule has 0 bridgehead atoms. The van der Waals surface area contributed by atoms with Gasteiger partial charge in [0.25, 0.3) is 0 Å². The Morgan fingerprint density at radius 3 is 2.14 bits per heavy atom. The molecule has 0 aliphatic heterocycles. The number of hydrogen-bond donors (Lipinski definition) is 1. The predicted molar refractivity (Wildman–Crippen MR) is 65.0 cm³/mol. The zero-order chi connectivity index (χ0) is 15.6. The molecule has 21 heavy (non-hydrogen) atoms. The highest BCUT2D eigenvalue weighted by molar-refractivity contribution is 5.19. The van der Waals surface area contributed by atoms with E-state index in [1.165, 1.54) is 0 Å². The fourth-order valence-corrected chi connectivity index (χ4v) is 2.73. The molecule has 118 valence electrons. The van der Waals surface area contributed by atoms with Gasteiger partial charge in [0, 0.05) is 12.6 Å². The zero-order valence-corrected chi connectivity index (χ0v) is 11.1. The van der Waals surface area contributed by atoms with Crippen LogP contribution >= 0.6 is 0 Å². The maximum absolute atomic E-state index is 13.0. The lowest BCUT2D eigenvalue weighted by Crippen LogP contribution is -2.45. The predicted octanol–water partition coefficient (Wildman–Crippen LogP) is 4.31. The summed E-state index contributed by atoms with van der Waals surface area (Å²) in [4.78, 5) is 0. The summed E-state index contributed by atoms with van der Waals surface area (Å²) in [6.45, 7) is -0.134. The minimum atomic E-state index is -4.29. The van der Waals surface area contributed by atoms with E-state index in [1.807, 2.05) is 0 Å². The third-order valence-electron chi connectivity index (χ3n) is 3.80. The summed E-state index contributed by atoms with van der Waals surface area (Å²) in [6.07, 6.45) is -2.69. The summed E-state index contributed by atoms with van der Waals surface area (Å²) in [5, 5.41) is 2.69. The summed E-state index contributed by atoms with van der Waals surface area (Å²) in [5.41, 5.74) is 0.0814. The van der Waals surface area contributed by atoms with Gasteiger partial charge in [-0.15, -0.1) is 0 Å². The highest BCUT2D eigenvalue weighted by atomic mass is 19.4. The summed E-state index contributed by atoms with van der Waals surface area (Å²) in [6, 6.07) is 0.795. The summed E-state index contributed by atoms with van der Waals surface area (Å²) < 4.78 is 77.6. The molecule has 1 saturated carbocycles. The molecule has 1 aliphatic carbocycles. The molecule has 0 heterocycles. The molecule has 1 nitrogen and oxygen atoms in total. The minimum absolute atomic E-state index is 0.0489. The fraction of sp³-hybridized carbons (Fsp3) is 0.571. The van der Waals surface area contributed by atoms with Crippen LogP contribution in [0.15, 0.2) is 12.1 Å². The van der Waals surface area contributed by atoms with Gasteiger partial charge < -0.3 is 5.32 Å². The molecular weight excluding hydrogens is 296 g/mol. The Morgan fingerprint density at radius 1 is 1.00 bits per heavy atom. The second-order valence-corrected chi connectivity index (χ2v) is 5.29. The van der Waals surface area contributed by atoms with Gasteiger partial charge in [-0.3, -0.25) is 0 Å². The maximum atomic E-state index is 13.0. The first-order chi connectivity index (χ1) is 9.79. The highest BCUT2D eigenvalue weighted by Gasteiger charge is 2.45. The topological polar surface area (TPSA) is 12.0 Å². The standard InChI is InChI=1S/C14H15F6N/c15-10-5-8(6-11(16)13(10)17)7-21-12-4-2-1-3-9(12)14(18,19)20/h5-6,9,12,21H,1-4,7H2. The molecule has 1 aromatic carbocycles. The minimum Gasteiger partial charge on any atom is -0.309 e. The van der Waals surface area contributed by atoms with E-state index in [1.54, 1.807) is 0 Å². The highest BCUT2D eigenvalue weighted by Crippen LogP contribution is 2.37. The third-order valence-corrected chi connectivity index (χ3v) is 3.80. The Morgan fingerprint density at radius 2 is 1.57 bits per heavy atom. The Bertz CT molecular complexity index is 476. The Labute approximate surface area is 118 Å². The van der Waals surface area contributed by atoms with Crippen LogP contribution in [0.25, 0.3) is 0 Å². The van der Waals surface area contributed by atoms with Gasteiger partial charge in [-0.25, -0.2) is 13.2 Å². The van der Waals surface area contributed by atoms with E-state index in [4.69, 9.17) is 0 Å². The molecule has 0 saturated heterocycles.